The zero-order valence-corrected chi connectivity index (χ0v) is 10.6. The molecule has 5 nitrogen and oxygen atoms in total. The third kappa shape index (κ3) is 3.35. The lowest BCUT2D eigenvalue weighted by molar-refractivity contribution is 0.0697. The Morgan fingerprint density at radius 1 is 1.15 bits per heavy atom. The van der Waals surface area contributed by atoms with Gasteiger partial charge >= 0.3 is 5.97 Å². The van der Waals surface area contributed by atoms with Crippen LogP contribution in [-0.2, 0) is 6.61 Å². The summed E-state index contributed by atoms with van der Waals surface area (Å²) in [7, 11) is 0. The molecule has 0 amide bonds. The molecule has 0 saturated heterocycles. The molecule has 102 valence electrons. The lowest BCUT2D eigenvalue weighted by Crippen LogP contribution is -2.00. The molecule has 0 saturated carbocycles. The van der Waals surface area contributed by atoms with Crippen molar-refractivity contribution in [2.24, 2.45) is 5.16 Å². The third-order valence-electron chi connectivity index (χ3n) is 2.71. The van der Waals surface area contributed by atoms with E-state index in [-0.39, 0.29) is 5.56 Å². The fourth-order valence-electron chi connectivity index (χ4n) is 1.69. The van der Waals surface area contributed by atoms with Crippen molar-refractivity contribution in [3.63, 3.8) is 0 Å². The summed E-state index contributed by atoms with van der Waals surface area (Å²) in [5, 5.41) is 20.4. The second-order valence-electron chi connectivity index (χ2n) is 4.07. The summed E-state index contributed by atoms with van der Waals surface area (Å²) in [5.41, 5.74) is 1.75. The van der Waals surface area contributed by atoms with Gasteiger partial charge in [0.25, 0.3) is 0 Å². The molecule has 2 aromatic carbocycles. The number of ether oxygens (including phenoxy) is 1. The fourth-order valence-corrected chi connectivity index (χ4v) is 1.69. The van der Waals surface area contributed by atoms with E-state index < -0.39 is 5.97 Å². The van der Waals surface area contributed by atoms with Crippen molar-refractivity contribution in [3.05, 3.63) is 65.2 Å². The van der Waals surface area contributed by atoms with E-state index in [4.69, 9.17) is 15.1 Å². The van der Waals surface area contributed by atoms with Crippen LogP contribution < -0.4 is 4.74 Å². The van der Waals surface area contributed by atoms with Crippen molar-refractivity contribution in [2.45, 2.75) is 6.61 Å². The lowest BCUT2D eigenvalue weighted by Gasteiger charge is -2.08. The van der Waals surface area contributed by atoms with Crippen LogP contribution in [-0.4, -0.2) is 22.5 Å². The first-order valence-electron chi connectivity index (χ1n) is 5.92. The molecule has 0 heterocycles. The Bertz CT molecular complexity index is 620. The number of para-hydroxylation sites is 1. The maximum Gasteiger partial charge on any atom is 0.335 e. The zero-order chi connectivity index (χ0) is 14.4. The molecule has 0 fully saturated rings. The van der Waals surface area contributed by atoms with Crippen molar-refractivity contribution >= 4 is 12.2 Å². The minimum absolute atomic E-state index is 0.238. The van der Waals surface area contributed by atoms with Gasteiger partial charge in [0.15, 0.2) is 0 Å². The number of carboxylic acids is 1. The van der Waals surface area contributed by atoms with Gasteiger partial charge in [0.2, 0.25) is 0 Å². The summed E-state index contributed by atoms with van der Waals surface area (Å²) in [4.78, 5) is 10.7. The van der Waals surface area contributed by atoms with E-state index in [1.165, 1.54) is 18.3 Å². The van der Waals surface area contributed by atoms with E-state index in [1.54, 1.807) is 24.3 Å². The number of aromatic carboxylic acids is 1. The predicted octanol–water partition coefficient (Wildman–Crippen LogP) is 2.77. The molecular weight excluding hydrogens is 258 g/mol. The highest BCUT2D eigenvalue weighted by Gasteiger charge is 2.04. The smallest absolute Gasteiger partial charge is 0.335 e. The minimum atomic E-state index is -0.957. The number of hydrogen-bond acceptors (Lipinski definition) is 4. The molecule has 0 spiro atoms. The Labute approximate surface area is 115 Å². The Morgan fingerprint density at radius 2 is 1.85 bits per heavy atom. The van der Waals surface area contributed by atoms with Gasteiger partial charge in [-0.25, -0.2) is 4.79 Å². The van der Waals surface area contributed by atoms with Gasteiger partial charge in [0.1, 0.15) is 12.4 Å². The molecule has 5 heteroatoms. The number of rotatable bonds is 5. The summed E-state index contributed by atoms with van der Waals surface area (Å²) in [6.07, 6.45) is 1.29. The topological polar surface area (TPSA) is 79.1 Å². The second-order valence-corrected chi connectivity index (χ2v) is 4.07. The van der Waals surface area contributed by atoms with Gasteiger partial charge in [-0.2, -0.15) is 0 Å². The van der Waals surface area contributed by atoms with Gasteiger partial charge in [-0.1, -0.05) is 29.4 Å². The Kier molecular flexibility index (Phi) is 4.34. The largest absolute Gasteiger partial charge is 0.488 e. The molecule has 0 aliphatic rings. The van der Waals surface area contributed by atoms with Gasteiger partial charge in [-0.15, -0.1) is 0 Å². The molecule has 0 bridgehead atoms. The van der Waals surface area contributed by atoms with Crippen molar-refractivity contribution in [2.75, 3.05) is 0 Å². The van der Waals surface area contributed by atoms with E-state index in [9.17, 15) is 4.79 Å². The summed E-state index contributed by atoms with van der Waals surface area (Å²) < 4.78 is 5.63. The number of oxime groups is 1. The summed E-state index contributed by atoms with van der Waals surface area (Å²) >= 11 is 0. The first-order valence-corrected chi connectivity index (χ1v) is 5.92. The molecule has 0 radical (unpaired) electrons. The number of nitrogens with zero attached hydrogens (tertiary/aromatic N) is 1. The van der Waals surface area contributed by atoms with Crippen LogP contribution in [0.15, 0.2) is 53.7 Å². The van der Waals surface area contributed by atoms with E-state index in [2.05, 4.69) is 5.16 Å². The summed E-state index contributed by atoms with van der Waals surface area (Å²) in [6, 6.07) is 13.6. The van der Waals surface area contributed by atoms with Crippen LogP contribution in [0.25, 0.3) is 0 Å². The van der Waals surface area contributed by atoms with Crippen molar-refractivity contribution in [1.29, 1.82) is 0 Å². The molecular formula is C15H13NO4. The minimum Gasteiger partial charge on any atom is -0.488 e. The van der Waals surface area contributed by atoms with Gasteiger partial charge in [0, 0.05) is 5.56 Å². The molecule has 2 N–H and O–H groups in total. The quantitative estimate of drug-likeness (QED) is 0.498. The average molecular weight is 271 g/mol. The number of carbonyl (C=O) groups is 1. The van der Waals surface area contributed by atoms with E-state index in [1.807, 2.05) is 12.1 Å². The lowest BCUT2D eigenvalue weighted by atomic mass is 10.1. The highest BCUT2D eigenvalue weighted by Crippen LogP contribution is 2.17. The van der Waals surface area contributed by atoms with Crippen molar-refractivity contribution < 1.29 is 19.8 Å². The summed E-state index contributed by atoms with van der Waals surface area (Å²) in [6.45, 7) is 0.302. The monoisotopic (exact) mass is 271 g/mol. The maximum absolute atomic E-state index is 10.7. The first kappa shape index (κ1) is 13.6. The maximum atomic E-state index is 10.7. The molecule has 0 unspecified atom stereocenters. The fraction of sp³-hybridized carbons (Fsp3) is 0.0667. The molecule has 2 aromatic rings. The van der Waals surface area contributed by atoms with Crippen LogP contribution in [0.4, 0.5) is 0 Å². The predicted molar refractivity (Wildman–Crippen MR) is 73.6 cm³/mol. The Balaban J connectivity index is 2.07. The van der Waals surface area contributed by atoms with E-state index in [0.717, 1.165) is 5.56 Å². The molecule has 2 rings (SSSR count). The van der Waals surface area contributed by atoms with Crippen LogP contribution in [0.5, 0.6) is 5.75 Å². The highest BCUT2D eigenvalue weighted by atomic mass is 16.5. The van der Waals surface area contributed by atoms with Gasteiger partial charge in [-0.3, -0.25) is 0 Å². The Hall–Kier alpha value is -2.82. The van der Waals surface area contributed by atoms with Crippen molar-refractivity contribution in [1.82, 2.24) is 0 Å². The van der Waals surface area contributed by atoms with Crippen LogP contribution in [0, 0.1) is 0 Å². The Morgan fingerprint density at radius 3 is 2.50 bits per heavy atom. The standard InChI is InChI=1S/C15H13NO4/c17-15(18)12-7-5-11(6-8-12)10-20-14-4-2-1-3-13(14)9-16-19/h1-9,19H,10H2,(H,17,18)/b16-9+. The normalized spacial score (nSPS) is 10.6. The number of benzene rings is 2. The average Bonchev–Trinajstić information content (AvgIpc) is 2.47. The van der Waals surface area contributed by atoms with E-state index >= 15 is 0 Å². The number of carboxylic acid groups (broad SMARTS) is 1. The van der Waals surface area contributed by atoms with Crippen LogP contribution in [0.3, 0.4) is 0 Å². The van der Waals surface area contributed by atoms with Crippen molar-refractivity contribution in [3.8, 4) is 5.75 Å². The first-order chi connectivity index (χ1) is 9.70. The van der Waals surface area contributed by atoms with Gasteiger partial charge in [-0.05, 0) is 29.8 Å². The molecule has 0 atom stereocenters. The third-order valence-corrected chi connectivity index (χ3v) is 2.71. The number of hydrogen-bond donors (Lipinski definition) is 2. The van der Waals surface area contributed by atoms with E-state index in [0.29, 0.717) is 17.9 Å². The van der Waals surface area contributed by atoms with Gasteiger partial charge < -0.3 is 15.1 Å². The molecule has 0 aliphatic carbocycles. The molecule has 20 heavy (non-hydrogen) atoms. The van der Waals surface area contributed by atoms with Crippen LogP contribution >= 0.6 is 0 Å². The molecule has 0 aromatic heterocycles. The highest BCUT2D eigenvalue weighted by molar-refractivity contribution is 5.87. The molecule has 0 aliphatic heterocycles. The summed E-state index contributed by atoms with van der Waals surface area (Å²) in [5.74, 6) is -0.366. The van der Waals surface area contributed by atoms with Crippen LogP contribution in [0.2, 0.25) is 0 Å². The van der Waals surface area contributed by atoms with Gasteiger partial charge in [0.05, 0.1) is 11.8 Å². The second kappa shape index (κ2) is 6.38. The zero-order valence-electron chi connectivity index (χ0n) is 10.6. The SMILES string of the molecule is O=C(O)c1ccc(COc2ccccc2/C=N/O)cc1. The van der Waals surface area contributed by atoms with Crippen LogP contribution in [0.1, 0.15) is 21.5 Å².